The SMILES string of the molecule is CCNC(=NCC(CC)Oc1cccc(F)c1)NCCc1cnn(C)c1.I. The van der Waals surface area contributed by atoms with Crippen molar-refractivity contribution in [3.05, 3.63) is 48.0 Å². The van der Waals surface area contributed by atoms with E-state index in [0.717, 1.165) is 31.9 Å². The molecule has 0 aliphatic heterocycles. The zero-order valence-electron chi connectivity index (χ0n) is 16.1. The largest absolute Gasteiger partial charge is 0.488 e. The number of nitrogens with one attached hydrogen (secondary N) is 2. The van der Waals surface area contributed by atoms with Crippen LogP contribution in [-0.2, 0) is 13.5 Å². The fourth-order valence-electron chi connectivity index (χ4n) is 2.44. The van der Waals surface area contributed by atoms with Crippen LogP contribution in [0.4, 0.5) is 4.39 Å². The van der Waals surface area contributed by atoms with E-state index in [1.807, 2.05) is 33.3 Å². The first-order valence-corrected chi connectivity index (χ1v) is 9.02. The van der Waals surface area contributed by atoms with Gasteiger partial charge in [0.15, 0.2) is 5.96 Å². The Kier molecular flexibility index (Phi) is 10.8. The second-order valence-electron chi connectivity index (χ2n) is 6.02. The Morgan fingerprint density at radius 1 is 1.33 bits per heavy atom. The van der Waals surface area contributed by atoms with Crippen LogP contribution < -0.4 is 15.4 Å². The van der Waals surface area contributed by atoms with E-state index < -0.39 is 0 Å². The third-order valence-electron chi connectivity index (χ3n) is 3.82. The summed E-state index contributed by atoms with van der Waals surface area (Å²) in [6, 6.07) is 6.20. The van der Waals surface area contributed by atoms with Gasteiger partial charge >= 0.3 is 0 Å². The smallest absolute Gasteiger partial charge is 0.191 e. The Morgan fingerprint density at radius 3 is 2.78 bits per heavy atom. The first kappa shape index (κ1) is 23.2. The molecule has 0 saturated heterocycles. The van der Waals surface area contributed by atoms with Crippen LogP contribution in [-0.4, -0.2) is 41.5 Å². The summed E-state index contributed by atoms with van der Waals surface area (Å²) >= 11 is 0. The van der Waals surface area contributed by atoms with E-state index in [4.69, 9.17) is 4.74 Å². The van der Waals surface area contributed by atoms with E-state index in [1.54, 1.807) is 16.8 Å². The van der Waals surface area contributed by atoms with Gasteiger partial charge in [0.1, 0.15) is 17.7 Å². The molecule has 0 fully saturated rings. The Morgan fingerprint density at radius 2 is 2.15 bits per heavy atom. The molecule has 1 aromatic heterocycles. The molecule has 1 atom stereocenters. The van der Waals surface area contributed by atoms with E-state index in [-0.39, 0.29) is 35.9 Å². The van der Waals surface area contributed by atoms with Gasteiger partial charge in [0, 0.05) is 32.4 Å². The van der Waals surface area contributed by atoms with Crippen LogP contribution in [0.3, 0.4) is 0 Å². The van der Waals surface area contributed by atoms with Crippen LogP contribution >= 0.6 is 24.0 Å². The number of guanidine groups is 1. The predicted octanol–water partition coefficient (Wildman–Crippen LogP) is 3.13. The molecule has 0 bridgehead atoms. The Bertz CT molecular complexity index is 707. The van der Waals surface area contributed by atoms with Crippen molar-refractivity contribution < 1.29 is 9.13 Å². The summed E-state index contributed by atoms with van der Waals surface area (Å²) in [7, 11) is 1.91. The second kappa shape index (κ2) is 12.5. The zero-order chi connectivity index (χ0) is 18.8. The lowest BCUT2D eigenvalue weighted by atomic mass is 10.2. The van der Waals surface area contributed by atoms with Gasteiger partial charge < -0.3 is 15.4 Å². The number of aryl methyl sites for hydroxylation is 1. The maximum Gasteiger partial charge on any atom is 0.191 e. The number of ether oxygens (including phenoxy) is 1. The number of nitrogens with zero attached hydrogens (tertiary/aromatic N) is 3. The number of rotatable bonds is 9. The first-order chi connectivity index (χ1) is 12.6. The summed E-state index contributed by atoms with van der Waals surface area (Å²) in [6.45, 7) is 6.09. The molecule has 2 N–H and O–H groups in total. The van der Waals surface area contributed by atoms with E-state index in [0.29, 0.717) is 12.3 Å². The minimum atomic E-state index is -0.300. The standard InChI is InChI=1S/C19H28FN5O.HI/c1-4-17(26-18-8-6-7-16(20)11-18)13-23-19(21-5-2)22-10-9-15-12-24-25(3)14-15;/h6-8,11-12,14,17H,4-5,9-10,13H2,1-3H3,(H2,21,22,23);1H. The van der Waals surface area contributed by atoms with E-state index in [2.05, 4.69) is 20.7 Å². The van der Waals surface area contributed by atoms with Gasteiger partial charge in [-0.05, 0) is 37.5 Å². The molecule has 1 heterocycles. The predicted molar refractivity (Wildman–Crippen MR) is 117 cm³/mol. The fraction of sp³-hybridized carbons (Fsp3) is 0.474. The minimum Gasteiger partial charge on any atom is -0.488 e. The molecule has 8 heteroatoms. The summed E-state index contributed by atoms with van der Waals surface area (Å²) < 4.78 is 20.9. The summed E-state index contributed by atoms with van der Waals surface area (Å²) in [4.78, 5) is 4.59. The highest BCUT2D eigenvalue weighted by molar-refractivity contribution is 14.0. The van der Waals surface area contributed by atoms with Crippen molar-refractivity contribution >= 4 is 29.9 Å². The van der Waals surface area contributed by atoms with Crippen molar-refractivity contribution in [3.63, 3.8) is 0 Å². The first-order valence-electron chi connectivity index (χ1n) is 9.02. The van der Waals surface area contributed by atoms with Crippen LogP contribution in [0, 0.1) is 5.82 Å². The molecule has 0 amide bonds. The van der Waals surface area contributed by atoms with Crippen molar-refractivity contribution in [2.24, 2.45) is 12.0 Å². The highest BCUT2D eigenvalue weighted by Crippen LogP contribution is 2.15. The van der Waals surface area contributed by atoms with Gasteiger partial charge in [-0.3, -0.25) is 4.68 Å². The number of aliphatic imine (C=N–C) groups is 1. The molecule has 27 heavy (non-hydrogen) atoms. The van der Waals surface area contributed by atoms with Gasteiger partial charge in [-0.1, -0.05) is 13.0 Å². The number of benzene rings is 1. The van der Waals surface area contributed by atoms with Crippen molar-refractivity contribution in [1.82, 2.24) is 20.4 Å². The van der Waals surface area contributed by atoms with Crippen LogP contribution in [0.15, 0.2) is 41.7 Å². The summed E-state index contributed by atoms with van der Waals surface area (Å²) in [5.74, 6) is 0.977. The molecule has 0 radical (unpaired) electrons. The molecule has 1 unspecified atom stereocenters. The van der Waals surface area contributed by atoms with E-state index >= 15 is 0 Å². The monoisotopic (exact) mass is 489 g/mol. The lowest BCUT2D eigenvalue weighted by molar-refractivity contribution is 0.205. The molecule has 150 valence electrons. The Hall–Kier alpha value is -1.84. The fourth-order valence-corrected chi connectivity index (χ4v) is 2.44. The molecule has 0 spiro atoms. The molecule has 2 aromatic rings. The number of aromatic nitrogens is 2. The number of halogens is 2. The minimum absolute atomic E-state index is 0. The Labute approximate surface area is 177 Å². The molecule has 2 rings (SSSR count). The average Bonchev–Trinajstić information content (AvgIpc) is 3.03. The van der Waals surface area contributed by atoms with E-state index in [9.17, 15) is 4.39 Å². The number of hydrogen-bond donors (Lipinski definition) is 2. The van der Waals surface area contributed by atoms with Crippen molar-refractivity contribution in [2.75, 3.05) is 19.6 Å². The maximum atomic E-state index is 13.3. The van der Waals surface area contributed by atoms with Crippen molar-refractivity contribution in [3.8, 4) is 5.75 Å². The van der Waals surface area contributed by atoms with Gasteiger partial charge in [0.25, 0.3) is 0 Å². The molecular weight excluding hydrogens is 460 g/mol. The van der Waals surface area contributed by atoms with E-state index in [1.165, 1.54) is 17.7 Å². The molecule has 6 nitrogen and oxygen atoms in total. The van der Waals surface area contributed by atoms with Gasteiger partial charge in [0.2, 0.25) is 0 Å². The molecule has 0 saturated carbocycles. The zero-order valence-corrected chi connectivity index (χ0v) is 18.4. The molecule has 1 aromatic carbocycles. The lowest BCUT2D eigenvalue weighted by Crippen LogP contribution is -2.39. The summed E-state index contributed by atoms with van der Waals surface area (Å²) in [5, 5.41) is 10.7. The third-order valence-corrected chi connectivity index (χ3v) is 3.82. The lowest BCUT2D eigenvalue weighted by Gasteiger charge is -2.17. The van der Waals surface area contributed by atoms with Crippen LogP contribution in [0.1, 0.15) is 25.8 Å². The third kappa shape index (κ3) is 8.59. The topological polar surface area (TPSA) is 63.5 Å². The quantitative estimate of drug-likeness (QED) is 0.323. The highest BCUT2D eigenvalue weighted by atomic mass is 127. The van der Waals surface area contributed by atoms with Crippen LogP contribution in [0.25, 0.3) is 0 Å². The summed E-state index contributed by atoms with van der Waals surface area (Å²) in [5.41, 5.74) is 1.18. The Balaban J connectivity index is 0.00000364. The van der Waals surface area contributed by atoms with Gasteiger partial charge in [0.05, 0.1) is 12.7 Å². The highest BCUT2D eigenvalue weighted by Gasteiger charge is 2.09. The van der Waals surface area contributed by atoms with Crippen LogP contribution in [0.5, 0.6) is 5.75 Å². The normalized spacial score (nSPS) is 12.2. The van der Waals surface area contributed by atoms with Gasteiger partial charge in [-0.25, -0.2) is 9.38 Å². The molecule has 0 aliphatic rings. The van der Waals surface area contributed by atoms with Gasteiger partial charge in [-0.15, -0.1) is 24.0 Å². The molecule has 0 aliphatic carbocycles. The van der Waals surface area contributed by atoms with Gasteiger partial charge in [-0.2, -0.15) is 5.10 Å². The second-order valence-corrected chi connectivity index (χ2v) is 6.02. The maximum absolute atomic E-state index is 13.3. The average molecular weight is 489 g/mol. The van der Waals surface area contributed by atoms with Crippen molar-refractivity contribution in [1.29, 1.82) is 0 Å². The number of hydrogen-bond acceptors (Lipinski definition) is 3. The summed E-state index contributed by atoms with van der Waals surface area (Å²) in [6.07, 6.45) is 5.42. The molecular formula is C19H29FIN5O. The van der Waals surface area contributed by atoms with Crippen LogP contribution in [0.2, 0.25) is 0 Å². The van der Waals surface area contributed by atoms with Crippen molar-refractivity contribution in [2.45, 2.75) is 32.8 Å².